The summed E-state index contributed by atoms with van der Waals surface area (Å²) in [5.41, 5.74) is 1.85. The summed E-state index contributed by atoms with van der Waals surface area (Å²) in [5.74, 6) is 0.0244. The van der Waals surface area contributed by atoms with Crippen molar-refractivity contribution in [2.75, 3.05) is 19.7 Å². The molecule has 2 aromatic rings. The zero-order valence-electron chi connectivity index (χ0n) is 12.1. The summed E-state index contributed by atoms with van der Waals surface area (Å²) in [4.78, 5) is 14.3. The average Bonchev–Trinajstić information content (AvgIpc) is 2.94. The van der Waals surface area contributed by atoms with E-state index in [1.165, 1.54) is 5.56 Å². The number of carbonyl (C=O) groups excluding carboxylic acids is 1. The highest BCUT2D eigenvalue weighted by molar-refractivity contribution is 5.92. The smallest absolute Gasteiger partial charge is 0.272 e. The van der Waals surface area contributed by atoms with Crippen molar-refractivity contribution in [3.8, 4) is 0 Å². The van der Waals surface area contributed by atoms with Crippen molar-refractivity contribution in [3.63, 3.8) is 0 Å². The van der Waals surface area contributed by atoms with E-state index in [0.717, 1.165) is 6.42 Å². The van der Waals surface area contributed by atoms with Crippen LogP contribution in [0, 0.1) is 0 Å². The maximum Gasteiger partial charge on any atom is 0.272 e. The Morgan fingerprint density at radius 1 is 1.33 bits per heavy atom. The topological polar surface area (TPSA) is 47.4 Å². The Morgan fingerprint density at radius 3 is 2.86 bits per heavy atom. The lowest BCUT2D eigenvalue weighted by Gasteiger charge is -2.33. The SMILES string of the molecule is Cn1nccc1C(=O)N1CCO[C@H](Cc2ccccc2)C1. The van der Waals surface area contributed by atoms with Gasteiger partial charge in [-0.15, -0.1) is 0 Å². The van der Waals surface area contributed by atoms with Gasteiger partial charge in [0.2, 0.25) is 0 Å². The van der Waals surface area contributed by atoms with Crippen LogP contribution in [0.5, 0.6) is 0 Å². The number of rotatable bonds is 3. The fourth-order valence-electron chi connectivity index (χ4n) is 2.65. The minimum atomic E-state index is 0.0244. The Morgan fingerprint density at radius 2 is 2.14 bits per heavy atom. The zero-order valence-corrected chi connectivity index (χ0v) is 12.1. The van der Waals surface area contributed by atoms with Gasteiger partial charge in [0, 0.05) is 32.8 Å². The molecule has 0 aliphatic carbocycles. The van der Waals surface area contributed by atoms with E-state index < -0.39 is 0 Å². The van der Waals surface area contributed by atoms with E-state index in [-0.39, 0.29) is 12.0 Å². The highest BCUT2D eigenvalue weighted by atomic mass is 16.5. The lowest BCUT2D eigenvalue weighted by molar-refractivity contribution is -0.0211. The molecule has 1 aromatic heterocycles. The molecule has 21 heavy (non-hydrogen) atoms. The van der Waals surface area contributed by atoms with Crippen LogP contribution in [0.2, 0.25) is 0 Å². The fraction of sp³-hybridized carbons (Fsp3) is 0.375. The van der Waals surface area contributed by atoms with Gasteiger partial charge in [-0.3, -0.25) is 9.48 Å². The lowest BCUT2D eigenvalue weighted by Crippen LogP contribution is -2.46. The molecule has 1 amide bonds. The third-order valence-corrected chi connectivity index (χ3v) is 3.77. The second-order valence-electron chi connectivity index (χ2n) is 5.27. The quantitative estimate of drug-likeness (QED) is 0.858. The first-order valence-corrected chi connectivity index (χ1v) is 7.17. The van der Waals surface area contributed by atoms with E-state index in [2.05, 4.69) is 17.2 Å². The molecule has 1 fully saturated rings. The third kappa shape index (κ3) is 3.13. The molecule has 1 aromatic carbocycles. The van der Waals surface area contributed by atoms with Gasteiger partial charge in [-0.1, -0.05) is 30.3 Å². The molecule has 5 nitrogen and oxygen atoms in total. The number of aromatic nitrogens is 2. The molecular weight excluding hydrogens is 266 g/mol. The number of aryl methyl sites for hydroxylation is 1. The number of hydrogen-bond donors (Lipinski definition) is 0. The molecule has 0 spiro atoms. The van der Waals surface area contributed by atoms with E-state index >= 15 is 0 Å². The maximum absolute atomic E-state index is 12.5. The van der Waals surface area contributed by atoms with Gasteiger partial charge < -0.3 is 9.64 Å². The number of amides is 1. The number of ether oxygens (including phenoxy) is 1. The maximum atomic E-state index is 12.5. The third-order valence-electron chi connectivity index (χ3n) is 3.77. The van der Waals surface area contributed by atoms with E-state index in [9.17, 15) is 4.79 Å². The number of morpholine rings is 1. The van der Waals surface area contributed by atoms with Crippen LogP contribution >= 0.6 is 0 Å². The molecule has 0 N–H and O–H groups in total. The first kappa shape index (κ1) is 13.8. The predicted molar refractivity (Wildman–Crippen MR) is 79.0 cm³/mol. The van der Waals surface area contributed by atoms with Crippen LogP contribution in [0.1, 0.15) is 16.1 Å². The van der Waals surface area contributed by atoms with E-state index in [1.54, 1.807) is 24.0 Å². The standard InChI is InChI=1S/C16H19N3O2/c1-18-15(7-8-17-18)16(20)19-9-10-21-14(12-19)11-13-5-3-2-4-6-13/h2-8,14H,9-12H2,1H3/t14-/m1/s1. The summed E-state index contributed by atoms with van der Waals surface area (Å²) in [6.45, 7) is 1.84. The summed E-state index contributed by atoms with van der Waals surface area (Å²) >= 11 is 0. The molecule has 0 saturated carbocycles. The fourth-order valence-corrected chi connectivity index (χ4v) is 2.65. The van der Waals surface area contributed by atoms with Gasteiger partial charge in [0.15, 0.2) is 0 Å². The summed E-state index contributed by atoms with van der Waals surface area (Å²) in [7, 11) is 1.79. The Labute approximate surface area is 124 Å². The molecular formula is C16H19N3O2. The molecule has 5 heteroatoms. The molecule has 1 atom stereocenters. The van der Waals surface area contributed by atoms with Crippen molar-refractivity contribution in [1.82, 2.24) is 14.7 Å². The summed E-state index contributed by atoms with van der Waals surface area (Å²) in [6, 6.07) is 12.0. The minimum absolute atomic E-state index is 0.0244. The van der Waals surface area contributed by atoms with E-state index in [0.29, 0.717) is 25.4 Å². The number of nitrogens with zero attached hydrogens (tertiary/aromatic N) is 3. The van der Waals surface area contributed by atoms with E-state index in [1.807, 2.05) is 23.1 Å². The van der Waals surface area contributed by atoms with Gasteiger partial charge >= 0.3 is 0 Å². The number of benzene rings is 1. The van der Waals surface area contributed by atoms with Gasteiger partial charge in [0.05, 0.1) is 12.7 Å². The summed E-state index contributed by atoms with van der Waals surface area (Å²) < 4.78 is 7.41. The van der Waals surface area contributed by atoms with Crippen LogP contribution in [0.4, 0.5) is 0 Å². The number of carbonyl (C=O) groups is 1. The van der Waals surface area contributed by atoms with Crippen LogP contribution in [0.15, 0.2) is 42.6 Å². The normalized spacial score (nSPS) is 18.7. The Bertz CT molecular complexity index is 609. The van der Waals surface area contributed by atoms with Crippen LogP contribution in [-0.2, 0) is 18.2 Å². The van der Waals surface area contributed by atoms with Crippen molar-refractivity contribution in [2.24, 2.45) is 7.05 Å². The van der Waals surface area contributed by atoms with Gasteiger partial charge in [0.25, 0.3) is 5.91 Å². The molecule has 0 bridgehead atoms. The van der Waals surface area contributed by atoms with Crippen molar-refractivity contribution in [3.05, 3.63) is 53.9 Å². The first-order valence-electron chi connectivity index (χ1n) is 7.17. The monoisotopic (exact) mass is 285 g/mol. The molecule has 110 valence electrons. The van der Waals surface area contributed by atoms with Gasteiger partial charge in [0.1, 0.15) is 5.69 Å². The molecule has 0 radical (unpaired) electrons. The Kier molecular flexibility index (Phi) is 4.01. The van der Waals surface area contributed by atoms with Crippen molar-refractivity contribution < 1.29 is 9.53 Å². The molecule has 0 unspecified atom stereocenters. The summed E-state index contributed by atoms with van der Waals surface area (Å²) in [6.07, 6.45) is 2.53. The van der Waals surface area contributed by atoms with Crippen molar-refractivity contribution in [1.29, 1.82) is 0 Å². The number of hydrogen-bond acceptors (Lipinski definition) is 3. The molecule has 3 rings (SSSR count). The Hall–Kier alpha value is -2.14. The predicted octanol–water partition coefficient (Wildman–Crippen LogP) is 1.50. The van der Waals surface area contributed by atoms with Gasteiger partial charge in [-0.25, -0.2) is 0 Å². The second-order valence-corrected chi connectivity index (χ2v) is 5.27. The molecule has 1 saturated heterocycles. The lowest BCUT2D eigenvalue weighted by atomic mass is 10.1. The van der Waals surface area contributed by atoms with Crippen molar-refractivity contribution >= 4 is 5.91 Å². The zero-order chi connectivity index (χ0) is 14.7. The molecule has 1 aliphatic heterocycles. The van der Waals surface area contributed by atoms with Gasteiger partial charge in [-0.2, -0.15) is 5.10 Å². The van der Waals surface area contributed by atoms with Crippen molar-refractivity contribution in [2.45, 2.75) is 12.5 Å². The van der Waals surface area contributed by atoms with Crippen LogP contribution < -0.4 is 0 Å². The summed E-state index contributed by atoms with van der Waals surface area (Å²) in [5, 5.41) is 4.06. The highest BCUT2D eigenvalue weighted by Crippen LogP contribution is 2.14. The van der Waals surface area contributed by atoms with E-state index in [4.69, 9.17) is 4.74 Å². The molecule has 2 heterocycles. The average molecular weight is 285 g/mol. The Balaban J connectivity index is 1.66. The minimum Gasteiger partial charge on any atom is -0.374 e. The molecule has 1 aliphatic rings. The van der Waals surface area contributed by atoms with Crippen LogP contribution in [0.25, 0.3) is 0 Å². The highest BCUT2D eigenvalue weighted by Gasteiger charge is 2.26. The first-order chi connectivity index (χ1) is 10.2. The van der Waals surface area contributed by atoms with Gasteiger partial charge in [-0.05, 0) is 11.6 Å². The van der Waals surface area contributed by atoms with Crippen LogP contribution in [0.3, 0.4) is 0 Å². The largest absolute Gasteiger partial charge is 0.374 e. The second kappa shape index (κ2) is 6.10. The van der Waals surface area contributed by atoms with Crippen LogP contribution in [-0.4, -0.2) is 46.4 Å².